The van der Waals surface area contributed by atoms with Gasteiger partial charge in [-0.2, -0.15) is 0 Å². The van der Waals surface area contributed by atoms with Gasteiger partial charge in [0.1, 0.15) is 11.5 Å². The van der Waals surface area contributed by atoms with Crippen molar-refractivity contribution in [2.24, 2.45) is 0 Å². The number of carbonyl (C=O) groups excluding carboxylic acids is 1. The van der Waals surface area contributed by atoms with Crippen molar-refractivity contribution in [1.82, 2.24) is 0 Å². The predicted octanol–water partition coefficient (Wildman–Crippen LogP) is 3.14. The number of rotatable bonds is 7. The van der Waals surface area contributed by atoms with Crippen LogP contribution in [0.2, 0.25) is 0 Å². The Morgan fingerprint density at radius 3 is 2.40 bits per heavy atom. The molecule has 2 aromatic rings. The van der Waals surface area contributed by atoms with Gasteiger partial charge in [-0.05, 0) is 44.2 Å². The van der Waals surface area contributed by atoms with E-state index in [1.807, 2.05) is 13.8 Å². The van der Waals surface area contributed by atoms with Gasteiger partial charge in [0.25, 0.3) is 5.91 Å². The first-order chi connectivity index (χ1) is 11.8. The first-order valence-corrected chi connectivity index (χ1v) is 9.75. The minimum Gasteiger partial charge on any atom is -0.494 e. The molecule has 0 saturated carbocycles. The van der Waals surface area contributed by atoms with Gasteiger partial charge in [0.2, 0.25) is 0 Å². The molecule has 0 aliphatic rings. The minimum atomic E-state index is -3.39. The van der Waals surface area contributed by atoms with E-state index in [-0.39, 0.29) is 10.5 Å². The molecular formula is C18H21NO5S. The summed E-state index contributed by atoms with van der Waals surface area (Å²) in [5.41, 5.74) is 0.703. The van der Waals surface area contributed by atoms with Gasteiger partial charge >= 0.3 is 0 Å². The van der Waals surface area contributed by atoms with Crippen LogP contribution in [0.15, 0.2) is 47.4 Å². The molecule has 0 aliphatic carbocycles. The van der Waals surface area contributed by atoms with Crippen LogP contribution in [-0.4, -0.2) is 33.8 Å². The highest BCUT2D eigenvalue weighted by atomic mass is 32.2. The monoisotopic (exact) mass is 363 g/mol. The van der Waals surface area contributed by atoms with Crippen LogP contribution in [0.5, 0.6) is 11.5 Å². The molecular weight excluding hydrogens is 342 g/mol. The summed E-state index contributed by atoms with van der Waals surface area (Å²) >= 11 is 0. The van der Waals surface area contributed by atoms with Crippen molar-refractivity contribution in [3.05, 3.63) is 48.0 Å². The SMILES string of the molecule is CCOc1ccc(OCC)c(NC(=O)c2cccc(S(C)(=O)=O)c2)c1. The molecule has 0 fully saturated rings. The van der Waals surface area contributed by atoms with Crippen LogP contribution in [0.1, 0.15) is 24.2 Å². The molecule has 134 valence electrons. The molecule has 0 bridgehead atoms. The zero-order valence-corrected chi connectivity index (χ0v) is 15.2. The van der Waals surface area contributed by atoms with Gasteiger partial charge in [-0.15, -0.1) is 0 Å². The Labute approximate surface area is 147 Å². The Bertz CT molecular complexity index is 862. The highest BCUT2D eigenvalue weighted by molar-refractivity contribution is 7.90. The van der Waals surface area contributed by atoms with Crippen LogP contribution in [-0.2, 0) is 9.84 Å². The molecule has 0 aromatic heterocycles. The second kappa shape index (κ2) is 8.02. The predicted molar refractivity (Wildman–Crippen MR) is 96.3 cm³/mol. The van der Waals surface area contributed by atoms with Crippen molar-refractivity contribution in [3.63, 3.8) is 0 Å². The number of benzene rings is 2. The van der Waals surface area contributed by atoms with Crippen LogP contribution in [0.3, 0.4) is 0 Å². The fourth-order valence-corrected chi connectivity index (χ4v) is 2.87. The fraction of sp³-hybridized carbons (Fsp3) is 0.278. The Morgan fingerprint density at radius 1 is 1.04 bits per heavy atom. The molecule has 2 aromatic carbocycles. The second-order valence-electron chi connectivity index (χ2n) is 5.28. The molecule has 7 heteroatoms. The van der Waals surface area contributed by atoms with Crippen LogP contribution < -0.4 is 14.8 Å². The molecule has 2 rings (SSSR count). The third-order valence-corrected chi connectivity index (χ3v) is 4.44. The van der Waals surface area contributed by atoms with Gasteiger partial charge in [0, 0.05) is 17.9 Å². The number of hydrogen-bond acceptors (Lipinski definition) is 5. The molecule has 25 heavy (non-hydrogen) atoms. The maximum Gasteiger partial charge on any atom is 0.255 e. The zero-order chi connectivity index (χ0) is 18.4. The molecule has 0 radical (unpaired) electrons. The van der Waals surface area contributed by atoms with E-state index in [2.05, 4.69) is 5.32 Å². The van der Waals surface area contributed by atoms with E-state index in [1.165, 1.54) is 18.2 Å². The Kier molecular flexibility index (Phi) is 6.03. The van der Waals surface area contributed by atoms with Crippen molar-refractivity contribution in [2.75, 3.05) is 24.8 Å². The number of nitrogens with one attached hydrogen (secondary N) is 1. The van der Waals surface area contributed by atoms with Crippen LogP contribution in [0, 0.1) is 0 Å². The lowest BCUT2D eigenvalue weighted by molar-refractivity contribution is 0.102. The number of amides is 1. The van der Waals surface area contributed by atoms with E-state index in [0.717, 1.165) is 6.26 Å². The molecule has 0 heterocycles. The first-order valence-electron chi connectivity index (χ1n) is 7.86. The number of sulfone groups is 1. The second-order valence-corrected chi connectivity index (χ2v) is 7.29. The van der Waals surface area contributed by atoms with E-state index in [4.69, 9.17) is 9.47 Å². The lowest BCUT2D eigenvalue weighted by atomic mass is 10.2. The average molecular weight is 363 g/mol. The van der Waals surface area contributed by atoms with Gasteiger partial charge < -0.3 is 14.8 Å². The molecule has 1 amide bonds. The summed E-state index contributed by atoms with van der Waals surface area (Å²) in [6, 6.07) is 11.0. The summed E-state index contributed by atoms with van der Waals surface area (Å²) < 4.78 is 34.3. The van der Waals surface area contributed by atoms with Crippen LogP contribution >= 0.6 is 0 Å². The lowest BCUT2D eigenvalue weighted by Crippen LogP contribution is -2.14. The number of anilines is 1. The lowest BCUT2D eigenvalue weighted by Gasteiger charge is -2.14. The van der Waals surface area contributed by atoms with Crippen molar-refractivity contribution in [2.45, 2.75) is 18.7 Å². The third kappa shape index (κ3) is 4.96. The van der Waals surface area contributed by atoms with Gasteiger partial charge in [0.15, 0.2) is 9.84 Å². The number of hydrogen-bond donors (Lipinski definition) is 1. The van der Waals surface area contributed by atoms with Crippen LogP contribution in [0.4, 0.5) is 5.69 Å². The minimum absolute atomic E-state index is 0.0910. The van der Waals surface area contributed by atoms with E-state index in [0.29, 0.717) is 30.4 Å². The van der Waals surface area contributed by atoms with Gasteiger partial charge in [-0.1, -0.05) is 6.07 Å². The summed E-state index contributed by atoms with van der Waals surface area (Å²) in [4.78, 5) is 12.6. The highest BCUT2D eigenvalue weighted by Crippen LogP contribution is 2.30. The Hall–Kier alpha value is -2.54. The first kappa shape index (κ1) is 18.8. The molecule has 0 aliphatic heterocycles. The van der Waals surface area contributed by atoms with E-state index in [1.54, 1.807) is 24.3 Å². The quantitative estimate of drug-likeness (QED) is 0.817. The third-order valence-electron chi connectivity index (χ3n) is 3.33. The summed E-state index contributed by atoms with van der Waals surface area (Å²) in [7, 11) is -3.39. The maximum absolute atomic E-state index is 12.5. The molecule has 0 unspecified atom stereocenters. The topological polar surface area (TPSA) is 81.7 Å². The fourth-order valence-electron chi connectivity index (χ4n) is 2.21. The maximum atomic E-state index is 12.5. The van der Waals surface area contributed by atoms with E-state index < -0.39 is 15.7 Å². The molecule has 0 saturated heterocycles. The standard InChI is InChI=1S/C18H21NO5S/c1-4-23-14-9-10-17(24-5-2)16(12-14)19-18(20)13-7-6-8-15(11-13)25(3,21)22/h6-12H,4-5H2,1-3H3,(H,19,20). The largest absolute Gasteiger partial charge is 0.494 e. The number of ether oxygens (including phenoxy) is 2. The van der Waals surface area contributed by atoms with Gasteiger partial charge in [0.05, 0.1) is 23.8 Å². The van der Waals surface area contributed by atoms with Crippen LogP contribution in [0.25, 0.3) is 0 Å². The summed E-state index contributed by atoms with van der Waals surface area (Å²) in [5, 5.41) is 2.75. The smallest absolute Gasteiger partial charge is 0.255 e. The van der Waals surface area contributed by atoms with Crippen molar-refractivity contribution < 1.29 is 22.7 Å². The zero-order valence-electron chi connectivity index (χ0n) is 14.4. The van der Waals surface area contributed by atoms with E-state index in [9.17, 15) is 13.2 Å². The summed E-state index contributed by atoms with van der Waals surface area (Å²) in [5.74, 6) is 0.685. The average Bonchev–Trinajstić information content (AvgIpc) is 2.57. The molecule has 0 spiro atoms. The van der Waals surface area contributed by atoms with Gasteiger partial charge in [-0.25, -0.2) is 8.42 Å². The Morgan fingerprint density at radius 2 is 1.76 bits per heavy atom. The van der Waals surface area contributed by atoms with Gasteiger partial charge in [-0.3, -0.25) is 4.79 Å². The number of carbonyl (C=O) groups is 1. The highest BCUT2D eigenvalue weighted by Gasteiger charge is 2.14. The van der Waals surface area contributed by atoms with E-state index >= 15 is 0 Å². The molecule has 6 nitrogen and oxygen atoms in total. The molecule has 1 N–H and O–H groups in total. The Balaban J connectivity index is 2.32. The summed E-state index contributed by atoms with van der Waals surface area (Å²) in [6.07, 6.45) is 1.10. The van der Waals surface area contributed by atoms with Crippen molar-refractivity contribution >= 4 is 21.4 Å². The van der Waals surface area contributed by atoms with Crippen molar-refractivity contribution in [1.29, 1.82) is 0 Å². The summed E-state index contributed by atoms with van der Waals surface area (Å²) in [6.45, 7) is 4.65. The molecule has 0 atom stereocenters. The normalized spacial score (nSPS) is 11.0. The van der Waals surface area contributed by atoms with Crippen molar-refractivity contribution in [3.8, 4) is 11.5 Å².